The third-order valence-electron chi connectivity index (χ3n) is 3.40. The van der Waals surface area contributed by atoms with Gasteiger partial charge >= 0.3 is 0 Å². The number of aromatic nitrogens is 1. The molecule has 0 bridgehead atoms. The summed E-state index contributed by atoms with van der Waals surface area (Å²) in [5.74, 6) is 0. The van der Waals surface area contributed by atoms with E-state index in [1.807, 2.05) is 56.3 Å². The van der Waals surface area contributed by atoms with Gasteiger partial charge in [0.05, 0.1) is 0 Å². The summed E-state index contributed by atoms with van der Waals surface area (Å²) in [6.07, 6.45) is 1.80. The number of rotatable bonds is 1. The molecule has 0 amide bonds. The van der Waals surface area contributed by atoms with Gasteiger partial charge in [0, 0.05) is 22.7 Å². The van der Waals surface area contributed by atoms with Crippen molar-refractivity contribution in [1.82, 2.24) is 4.98 Å². The lowest BCUT2D eigenvalue weighted by Gasteiger charge is -2.05. The van der Waals surface area contributed by atoms with Crippen molar-refractivity contribution in [2.24, 2.45) is 0 Å². The molecule has 0 aliphatic rings. The van der Waals surface area contributed by atoms with Crippen LogP contribution in [-0.4, -0.2) is 4.98 Å². The maximum absolute atomic E-state index is 12.5. The Morgan fingerprint density at radius 1 is 0.895 bits per heavy atom. The molecule has 1 aromatic heterocycles. The molecule has 0 unspecified atom stereocenters. The minimum atomic E-state index is 0.0845. The molecule has 0 aliphatic heterocycles. The molecule has 0 saturated heterocycles. The second-order valence-corrected chi connectivity index (χ2v) is 4.95. The smallest absolute Gasteiger partial charge is 0.197 e. The van der Waals surface area contributed by atoms with Crippen LogP contribution >= 0.6 is 0 Å². The first-order valence-corrected chi connectivity index (χ1v) is 6.34. The molecule has 2 heteroatoms. The summed E-state index contributed by atoms with van der Waals surface area (Å²) in [5.41, 5.74) is 4.93. The number of nitrogens with one attached hydrogen (secondary N) is 1. The van der Waals surface area contributed by atoms with Gasteiger partial charge in [0.15, 0.2) is 5.43 Å². The summed E-state index contributed by atoms with van der Waals surface area (Å²) in [6, 6.07) is 13.9. The van der Waals surface area contributed by atoms with E-state index in [2.05, 4.69) is 4.98 Å². The van der Waals surface area contributed by atoms with Crippen LogP contribution in [0, 0.1) is 13.8 Å². The maximum atomic E-state index is 12.5. The summed E-state index contributed by atoms with van der Waals surface area (Å²) >= 11 is 0. The van der Waals surface area contributed by atoms with Crippen LogP contribution < -0.4 is 5.43 Å². The van der Waals surface area contributed by atoms with E-state index in [0.717, 1.165) is 27.6 Å². The van der Waals surface area contributed by atoms with Gasteiger partial charge in [0.25, 0.3) is 0 Å². The lowest BCUT2D eigenvalue weighted by Crippen LogP contribution is -2.06. The fourth-order valence-corrected chi connectivity index (χ4v) is 2.28. The summed E-state index contributed by atoms with van der Waals surface area (Å²) in [7, 11) is 0. The van der Waals surface area contributed by atoms with Crippen molar-refractivity contribution in [3.8, 4) is 11.1 Å². The van der Waals surface area contributed by atoms with Crippen LogP contribution in [0.4, 0.5) is 0 Å². The average Bonchev–Trinajstić information content (AvgIpc) is 2.41. The molecule has 0 spiro atoms. The van der Waals surface area contributed by atoms with Crippen molar-refractivity contribution in [3.05, 3.63) is 70.0 Å². The number of pyridine rings is 1. The van der Waals surface area contributed by atoms with Gasteiger partial charge in [-0.3, -0.25) is 4.79 Å². The molecule has 0 atom stereocenters. The predicted molar refractivity (Wildman–Crippen MR) is 79.5 cm³/mol. The van der Waals surface area contributed by atoms with Crippen LogP contribution in [0.2, 0.25) is 0 Å². The van der Waals surface area contributed by atoms with E-state index < -0.39 is 0 Å². The number of H-pyrrole nitrogens is 1. The van der Waals surface area contributed by atoms with Crippen molar-refractivity contribution in [2.45, 2.75) is 13.8 Å². The molecule has 3 rings (SSSR count). The monoisotopic (exact) mass is 249 g/mol. The highest BCUT2D eigenvalue weighted by Gasteiger charge is 2.07. The van der Waals surface area contributed by atoms with E-state index >= 15 is 0 Å². The van der Waals surface area contributed by atoms with Crippen LogP contribution in [0.1, 0.15) is 11.1 Å². The Balaban J connectivity index is 2.28. The molecule has 1 heterocycles. The molecule has 3 aromatic rings. The summed E-state index contributed by atoms with van der Waals surface area (Å²) < 4.78 is 0. The van der Waals surface area contributed by atoms with Gasteiger partial charge in [0.1, 0.15) is 0 Å². The quantitative estimate of drug-likeness (QED) is 0.699. The molecular formula is C17H15NO. The van der Waals surface area contributed by atoms with Crippen molar-refractivity contribution in [3.63, 3.8) is 0 Å². The highest BCUT2D eigenvalue weighted by molar-refractivity contribution is 5.83. The first kappa shape index (κ1) is 11.7. The Morgan fingerprint density at radius 2 is 1.58 bits per heavy atom. The molecule has 1 N–H and O–H groups in total. The van der Waals surface area contributed by atoms with Crippen molar-refractivity contribution >= 4 is 10.9 Å². The molecule has 2 nitrogen and oxygen atoms in total. The van der Waals surface area contributed by atoms with Gasteiger partial charge in [-0.2, -0.15) is 0 Å². The summed E-state index contributed by atoms with van der Waals surface area (Å²) in [5, 5.41) is 0.748. The number of hydrogen-bond acceptors (Lipinski definition) is 1. The topological polar surface area (TPSA) is 32.9 Å². The number of hydrogen-bond donors (Lipinski definition) is 1. The van der Waals surface area contributed by atoms with Crippen molar-refractivity contribution in [2.75, 3.05) is 0 Å². The zero-order valence-electron chi connectivity index (χ0n) is 11.0. The van der Waals surface area contributed by atoms with Crippen molar-refractivity contribution in [1.29, 1.82) is 0 Å². The van der Waals surface area contributed by atoms with Crippen LogP contribution in [0.3, 0.4) is 0 Å². The number of fused-ring (bicyclic) bond motifs is 1. The Kier molecular flexibility index (Phi) is 2.71. The second kappa shape index (κ2) is 4.39. The Hall–Kier alpha value is -2.35. The lowest BCUT2D eigenvalue weighted by molar-refractivity contribution is 1.36. The van der Waals surface area contributed by atoms with Gasteiger partial charge in [-0.25, -0.2) is 0 Å². The van der Waals surface area contributed by atoms with E-state index in [1.165, 1.54) is 5.56 Å². The van der Waals surface area contributed by atoms with Gasteiger partial charge in [-0.1, -0.05) is 41.5 Å². The zero-order chi connectivity index (χ0) is 13.4. The fraction of sp³-hybridized carbons (Fsp3) is 0.118. The first-order valence-electron chi connectivity index (χ1n) is 6.34. The largest absolute Gasteiger partial charge is 0.360 e. The van der Waals surface area contributed by atoms with Gasteiger partial charge in [-0.05, 0) is 31.5 Å². The van der Waals surface area contributed by atoms with Crippen molar-refractivity contribution < 1.29 is 0 Å². The van der Waals surface area contributed by atoms with E-state index in [1.54, 1.807) is 6.20 Å². The highest BCUT2D eigenvalue weighted by atomic mass is 16.1. The Labute approximate surface area is 111 Å². The van der Waals surface area contributed by atoms with Gasteiger partial charge in [-0.15, -0.1) is 0 Å². The van der Waals surface area contributed by atoms with Crippen LogP contribution in [0.5, 0.6) is 0 Å². The lowest BCUT2D eigenvalue weighted by atomic mass is 10.0. The normalized spacial score (nSPS) is 10.8. The highest BCUT2D eigenvalue weighted by Crippen LogP contribution is 2.18. The number of aryl methyl sites for hydroxylation is 2. The van der Waals surface area contributed by atoms with Gasteiger partial charge < -0.3 is 4.98 Å². The Bertz CT molecular complexity index is 798. The average molecular weight is 249 g/mol. The van der Waals surface area contributed by atoms with E-state index in [4.69, 9.17) is 0 Å². The standard InChI is InChI=1S/C17H15NO/c1-11-3-6-13(7-4-11)15-10-18-16-8-5-12(2)9-14(16)17(15)19/h3-10H,1-2H3,(H,18,19). The third kappa shape index (κ3) is 2.06. The minimum Gasteiger partial charge on any atom is -0.360 e. The minimum absolute atomic E-state index is 0.0845. The van der Waals surface area contributed by atoms with Crippen LogP contribution in [-0.2, 0) is 0 Å². The third-order valence-corrected chi connectivity index (χ3v) is 3.40. The molecule has 0 fully saturated rings. The molecule has 0 radical (unpaired) electrons. The first-order chi connectivity index (χ1) is 9.15. The van der Waals surface area contributed by atoms with E-state index in [-0.39, 0.29) is 5.43 Å². The molecular weight excluding hydrogens is 234 g/mol. The molecule has 0 aliphatic carbocycles. The number of benzene rings is 2. The Morgan fingerprint density at radius 3 is 2.32 bits per heavy atom. The molecule has 2 aromatic carbocycles. The molecule has 94 valence electrons. The maximum Gasteiger partial charge on any atom is 0.197 e. The SMILES string of the molecule is Cc1ccc(-c2c[nH]c3ccc(C)cc3c2=O)cc1. The van der Waals surface area contributed by atoms with E-state index in [9.17, 15) is 4.79 Å². The van der Waals surface area contributed by atoms with Crippen LogP contribution in [0.25, 0.3) is 22.0 Å². The predicted octanol–water partition coefficient (Wildman–Crippen LogP) is 3.81. The summed E-state index contributed by atoms with van der Waals surface area (Å²) in [6.45, 7) is 4.04. The second-order valence-electron chi connectivity index (χ2n) is 4.95. The molecule has 19 heavy (non-hydrogen) atoms. The molecule has 0 saturated carbocycles. The fourth-order valence-electron chi connectivity index (χ4n) is 2.28. The zero-order valence-corrected chi connectivity index (χ0v) is 11.0. The van der Waals surface area contributed by atoms with Crippen LogP contribution in [0.15, 0.2) is 53.5 Å². The van der Waals surface area contributed by atoms with Gasteiger partial charge in [0.2, 0.25) is 0 Å². The van der Waals surface area contributed by atoms with E-state index in [0.29, 0.717) is 0 Å². The number of aromatic amines is 1. The summed E-state index contributed by atoms with van der Waals surface area (Å²) in [4.78, 5) is 15.7.